The van der Waals surface area contributed by atoms with Crippen LogP contribution in [-0.2, 0) is 28.6 Å². The van der Waals surface area contributed by atoms with E-state index >= 15 is 0 Å². The fourth-order valence-corrected chi connectivity index (χ4v) is 2.98. The molecule has 1 aliphatic heterocycles. The highest BCUT2D eigenvalue weighted by Gasteiger charge is 2.61. The van der Waals surface area contributed by atoms with Crippen molar-refractivity contribution in [3.63, 3.8) is 0 Å². The van der Waals surface area contributed by atoms with Crippen LogP contribution >= 0.6 is 0 Å². The van der Waals surface area contributed by atoms with Crippen molar-refractivity contribution in [3.8, 4) is 0 Å². The molecule has 0 spiro atoms. The van der Waals surface area contributed by atoms with E-state index in [0.29, 0.717) is 19.3 Å². The van der Waals surface area contributed by atoms with Gasteiger partial charge in [0.15, 0.2) is 0 Å². The van der Waals surface area contributed by atoms with E-state index in [2.05, 4.69) is 6.58 Å². The van der Waals surface area contributed by atoms with Gasteiger partial charge in [-0.2, -0.15) is 0 Å². The summed E-state index contributed by atoms with van der Waals surface area (Å²) >= 11 is 0. The summed E-state index contributed by atoms with van der Waals surface area (Å²) in [6.45, 7) is 9.74. The fourth-order valence-electron chi connectivity index (χ4n) is 2.98. The Balaban J connectivity index is 2.15. The standard InChI is InChI=1S/C16H22O6/c1-6-11(17)20-14(2,3)13(19)22-15(4)8-7-10-9-16(15,5)21-12(10)18/h6,10H,1,7-9H2,2-5H3. The third-order valence-electron chi connectivity index (χ3n) is 4.72. The van der Waals surface area contributed by atoms with E-state index in [4.69, 9.17) is 14.2 Å². The summed E-state index contributed by atoms with van der Waals surface area (Å²) in [7, 11) is 0. The number of hydrogen-bond acceptors (Lipinski definition) is 6. The van der Waals surface area contributed by atoms with Gasteiger partial charge in [-0.3, -0.25) is 4.79 Å². The Hall–Kier alpha value is -1.85. The van der Waals surface area contributed by atoms with E-state index < -0.39 is 28.7 Å². The van der Waals surface area contributed by atoms with E-state index in [0.717, 1.165) is 6.08 Å². The van der Waals surface area contributed by atoms with E-state index in [1.54, 1.807) is 13.8 Å². The van der Waals surface area contributed by atoms with Crippen molar-refractivity contribution in [3.05, 3.63) is 12.7 Å². The lowest BCUT2D eigenvalue weighted by Crippen LogP contribution is -2.56. The smallest absolute Gasteiger partial charge is 0.350 e. The fraction of sp³-hybridized carbons (Fsp3) is 0.688. The number of esters is 3. The van der Waals surface area contributed by atoms with E-state index in [9.17, 15) is 14.4 Å². The van der Waals surface area contributed by atoms with Crippen LogP contribution in [0, 0.1) is 5.92 Å². The number of ether oxygens (including phenoxy) is 3. The molecule has 0 radical (unpaired) electrons. The van der Waals surface area contributed by atoms with Gasteiger partial charge in [0.25, 0.3) is 0 Å². The van der Waals surface area contributed by atoms with Crippen molar-refractivity contribution in [2.45, 2.75) is 63.8 Å². The molecule has 3 atom stereocenters. The van der Waals surface area contributed by atoms with Gasteiger partial charge in [0, 0.05) is 12.5 Å². The van der Waals surface area contributed by atoms with Gasteiger partial charge in [-0.05, 0) is 40.5 Å². The van der Waals surface area contributed by atoms with Crippen LogP contribution in [0.1, 0.15) is 47.0 Å². The first-order chi connectivity index (χ1) is 10.0. The molecular formula is C16H22O6. The van der Waals surface area contributed by atoms with Crippen LogP contribution in [0.3, 0.4) is 0 Å². The number of carbonyl (C=O) groups excluding carboxylic acids is 3. The maximum Gasteiger partial charge on any atom is 0.350 e. The number of fused-ring (bicyclic) bond motifs is 2. The molecule has 1 saturated carbocycles. The molecule has 2 aliphatic rings. The Morgan fingerprint density at radius 1 is 1.41 bits per heavy atom. The Labute approximate surface area is 129 Å². The molecule has 2 fully saturated rings. The van der Waals surface area contributed by atoms with Gasteiger partial charge in [0.1, 0.15) is 11.2 Å². The van der Waals surface area contributed by atoms with Gasteiger partial charge < -0.3 is 14.2 Å². The molecule has 0 amide bonds. The quantitative estimate of drug-likeness (QED) is 0.448. The SMILES string of the molecule is C=CC(=O)OC(C)(C)C(=O)OC1(C)CCC2CC1(C)OC2=O. The second-order valence-electron chi connectivity index (χ2n) is 6.85. The molecule has 2 bridgehead atoms. The van der Waals surface area contributed by atoms with Gasteiger partial charge in [0.2, 0.25) is 5.60 Å². The van der Waals surface area contributed by atoms with Crippen LogP contribution in [-0.4, -0.2) is 34.7 Å². The summed E-state index contributed by atoms with van der Waals surface area (Å²) in [4.78, 5) is 35.5. The topological polar surface area (TPSA) is 78.9 Å². The number of carbonyl (C=O) groups is 3. The van der Waals surface area contributed by atoms with Crippen LogP contribution in [0.2, 0.25) is 0 Å². The van der Waals surface area contributed by atoms with Gasteiger partial charge in [0.05, 0.1) is 5.92 Å². The normalized spacial score (nSPS) is 33.8. The molecule has 122 valence electrons. The zero-order chi connectivity index (χ0) is 16.8. The van der Waals surface area contributed by atoms with Gasteiger partial charge in [-0.25, -0.2) is 9.59 Å². The van der Waals surface area contributed by atoms with Crippen LogP contribution < -0.4 is 0 Å². The molecule has 6 nitrogen and oxygen atoms in total. The Morgan fingerprint density at radius 2 is 2.05 bits per heavy atom. The molecule has 0 N–H and O–H groups in total. The third kappa shape index (κ3) is 2.62. The van der Waals surface area contributed by atoms with Crippen molar-refractivity contribution in [2.75, 3.05) is 0 Å². The summed E-state index contributed by atoms with van der Waals surface area (Å²) in [6, 6.07) is 0. The second-order valence-corrected chi connectivity index (χ2v) is 6.85. The number of hydrogen-bond donors (Lipinski definition) is 0. The van der Waals surface area contributed by atoms with Crippen LogP contribution in [0.4, 0.5) is 0 Å². The molecule has 0 aromatic carbocycles. The molecule has 0 aromatic rings. The summed E-state index contributed by atoms with van der Waals surface area (Å²) in [5, 5.41) is 0. The van der Waals surface area contributed by atoms with Crippen molar-refractivity contribution < 1.29 is 28.6 Å². The lowest BCUT2D eigenvalue weighted by molar-refractivity contribution is -0.212. The first kappa shape index (κ1) is 16.5. The van der Waals surface area contributed by atoms with Crippen molar-refractivity contribution in [1.29, 1.82) is 0 Å². The molecule has 1 heterocycles. The predicted molar refractivity (Wildman–Crippen MR) is 76.7 cm³/mol. The molecule has 1 saturated heterocycles. The van der Waals surface area contributed by atoms with E-state index in [-0.39, 0.29) is 11.9 Å². The maximum absolute atomic E-state index is 12.4. The molecule has 1 aliphatic carbocycles. The van der Waals surface area contributed by atoms with Gasteiger partial charge in [-0.1, -0.05) is 6.58 Å². The predicted octanol–water partition coefficient (Wildman–Crippen LogP) is 1.91. The average molecular weight is 310 g/mol. The Morgan fingerprint density at radius 3 is 2.64 bits per heavy atom. The van der Waals surface area contributed by atoms with Gasteiger partial charge in [-0.15, -0.1) is 0 Å². The average Bonchev–Trinajstić information content (AvgIpc) is 2.67. The minimum atomic E-state index is -1.44. The molecule has 6 heteroatoms. The van der Waals surface area contributed by atoms with Crippen molar-refractivity contribution in [1.82, 2.24) is 0 Å². The van der Waals surface area contributed by atoms with Crippen LogP contribution in [0.25, 0.3) is 0 Å². The second kappa shape index (κ2) is 5.11. The lowest BCUT2D eigenvalue weighted by Gasteiger charge is -2.44. The molecular weight excluding hydrogens is 288 g/mol. The molecule has 22 heavy (non-hydrogen) atoms. The Bertz CT molecular complexity index is 537. The number of rotatable bonds is 4. The zero-order valence-corrected chi connectivity index (χ0v) is 13.4. The van der Waals surface area contributed by atoms with Crippen LogP contribution in [0.15, 0.2) is 12.7 Å². The summed E-state index contributed by atoms with van der Waals surface area (Å²) in [6.07, 6.45) is 2.66. The molecule has 0 aromatic heterocycles. The lowest BCUT2D eigenvalue weighted by atomic mass is 9.71. The first-order valence-corrected chi connectivity index (χ1v) is 7.35. The maximum atomic E-state index is 12.4. The summed E-state index contributed by atoms with van der Waals surface area (Å²) in [5.74, 6) is -1.73. The summed E-state index contributed by atoms with van der Waals surface area (Å²) < 4.78 is 16.1. The highest BCUT2D eigenvalue weighted by molar-refractivity contribution is 5.87. The summed E-state index contributed by atoms with van der Waals surface area (Å²) in [5.41, 5.74) is -3.23. The largest absolute Gasteiger partial charge is 0.455 e. The van der Waals surface area contributed by atoms with E-state index in [1.807, 2.05) is 0 Å². The minimum absolute atomic E-state index is 0.122. The highest BCUT2D eigenvalue weighted by Crippen LogP contribution is 2.50. The highest BCUT2D eigenvalue weighted by atomic mass is 16.6. The zero-order valence-electron chi connectivity index (χ0n) is 13.4. The monoisotopic (exact) mass is 310 g/mol. The van der Waals surface area contributed by atoms with Crippen molar-refractivity contribution in [2.24, 2.45) is 5.92 Å². The van der Waals surface area contributed by atoms with Crippen molar-refractivity contribution >= 4 is 17.9 Å². The van der Waals surface area contributed by atoms with Gasteiger partial charge >= 0.3 is 17.9 Å². The van der Waals surface area contributed by atoms with Crippen LogP contribution in [0.5, 0.6) is 0 Å². The first-order valence-electron chi connectivity index (χ1n) is 7.35. The molecule has 2 rings (SSSR count). The Kier molecular flexibility index (Phi) is 3.83. The van der Waals surface area contributed by atoms with E-state index in [1.165, 1.54) is 13.8 Å². The minimum Gasteiger partial charge on any atom is -0.455 e. The molecule has 3 unspecified atom stereocenters. The third-order valence-corrected chi connectivity index (χ3v) is 4.72.